The molecule has 6 heteroatoms. The highest BCUT2D eigenvalue weighted by Gasteiger charge is 2.03. The maximum atomic E-state index is 5.67. The van der Waals surface area contributed by atoms with Crippen molar-refractivity contribution in [3.8, 4) is 0 Å². The standard InChI is InChI=1S/C11H14N4O2/c1-16-7-11-14-9(12)5-10(15-11)13-6-8-3-2-4-17-8/h2-5H,6-7H2,1H3,(H3,12,13,14,15). The summed E-state index contributed by atoms with van der Waals surface area (Å²) in [5.74, 6) is 2.44. The lowest BCUT2D eigenvalue weighted by Gasteiger charge is -2.06. The van der Waals surface area contributed by atoms with E-state index < -0.39 is 0 Å². The Balaban J connectivity index is 2.04. The number of rotatable bonds is 5. The number of nitrogen functional groups attached to an aromatic ring is 1. The highest BCUT2D eigenvalue weighted by Crippen LogP contribution is 2.11. The largest absolute Gasteiger partial charge is 0.467 e. The van der Waals surface area contributed by atoms with Crippen molar-refractivity contribution in [3.63, 3.8) is 0 Å². The zero-order valence-corrected chi connectivity index (χ0v) is 9.51. The topological polar surface area (TPSA) is 86.2 Å². The molecule has 90 valence electrons. The minimum absolute atomic E-state index is 0.334. The second-order valence-electron chi connectivity index (χ2n) is 3.46. The highest BCUT2D eigenvalue weighted by atomic mass is 16.5. The molecule has 0 aliphatic heterocycles. The number of hydrogen-bond acceptors (Lipinski definition) is 6. The fourth-order valence-corrected chi connectivity index (χ4v) is 1.39. The van der Waals surface area contributed by atoms with Crippen LogP contribution in [0.4, 0.5) is 11.6 Å². The van der Waals surface area contributed by atoms with Crippen LogP contribution in [0.1, 0.15) is 11.6 Å². The van der Waals surface area contributed by atoms with Gasteiger partial charge in [-0.15, -0.1) is 0 Å². The first-order valence-electron chi connectivity index (χ1n) is 5.16. The Morgan fingerprint density at radius 2 is 2.35 bits per heavy atom. The van der Waals surface area contributed by atoms with Crippen LogP contribution in [0, 0.1) is 0 Å². The average Bonchev–Trinajstić information content (AvgIpc) is 2.79. The van der Waals surface area contributed by atoms with Crippen molar-refractivity contribution >= 4 is 11.6 Å². The second kappa shape index (κ2) is 5.31. The molecule has 6 nitrogen and oxygen atoms in total. The lowest BCUT2D eigenvalue weighted by atomic mass is 10.4. The molecule has 17 heavy (non-hydrogen) atoms. The molecule has 0 spiro atoms. The summed E-state index contributed by atoms with van der Waals surface area (Å²) in [5.41, 5.74) is 5.67. The van der Waals surface area contributed by atoms with Crippen LogP contribution >= 0.6 is 0 Å². The molecule has 0 aliphatic rings. The summed E-state index contributed by atoms with van der Waals surface area (Å²) in [5, 5.41) is 3.11. The van der Waals surface area contributed by atoms with Crippen molar-refractivity contribution in [2.75, 3.05) is 18.2 Å². The monoisotopic (exact) mass is 234 g/mol. The van der Waals surface area contributed by atoms with E-state index in [4.69, 9.17) is 14.9 Å². The summed E-state index contributed by atoms with van der Waals surface area (Å²) in [6, 6.07) is 5.39. The van der Waals surface area contributed by atoms with Crippen LogP contribution in [0.5, 0.6) is 0 Å². The molecule has 0 bridgehead atoms. The summed E-state index contributed by atoms with van der Waals surface area (Å²) >= 11 is 0. The zero-order chi connectivity index (χ0) is 12.1. The van der Waals surface area contributed by atoms with Gasteiger partial charge in [0.25, 0.3) is 0 Å². The predicted octanol–water partition coefficient (Wildman–Crippen LogP) is 1.41. The minimum atomic E-state index is 0.334. The third-order valence-corrected chi connectivity index (χ3v) is 2.09. The number of methoxy groups -OCH3 is 1. The van der Waals surface area contributed by atoms with Crippen molar-refractivity contribution in [3.05, 3.63) is 36.0 Å². The van der Waals surface area contributed by atoms with E-state index in [-0.39, 0.29) is 0 Å². The quantitative estimate of drug-likeness (QED) is 0.813. The van der Waals surface area contributed by atoms with Gasteiger partial charge in [-0.3, -0.25) is 0 Å². The maximum Gasteiger partial charge on any atom is 0.158 e. The Morgan fingerprint density at radius 3 is 3.06 bits per heavy atom. The number of aromatic nitrogens is 2. The van der Waals surface area contributed by atoms with Gasteiger partial charge in [0.15, 0.2) is 5.82 Å². The Kier molecular flexibility index (Phi) is 3.56. The van der Waals surface area contributed by atoms with Gasteiger partial charge in [0.05, 0.1) is 12.8 Å². The number of hydrogen-bond donors (Lipinski definition) is 2. The molecule has 0 aliphatic carbocycles. The molecule has 2 heterocycles. The molecule has 0 radical (unpaired) electrons. The second-order valence-corrected chi connectivity index (χ2v) is 3.46. The van der Waals surface area contributed by atoms with Crippen LogP contribution in [0.25, 0.3) is 0 Å². The highest BCUT2D eigenvalue weighted by molar-refractivity contribution is 5.44. The minimum Gasteiger partial charge on any atom is -0.467 e. The van der Waals surface area contributed by atoms with Gasteiger partial charge in [0.2, 0.25) is 0 Å². The average molecular weight is 234 g/mol. The van der Waals surface area contributed by atoms with Crippen molar-refractivity contribution in [2.45, 2.75) is 13.2 Å². The van der Waals surface area contributed by atoms with Crippen molar-refractivity contribution < 1.29 is 9.15 Å². The van der Waals surface area contributed by atoms with Crippen LogP contribution in [0.3, 0.4) is 0 Å². The van der Waals surface area contributed by atoms with Gasteiger partial charge in [0, 0.05) is 13.2 Å². The van der Waals surface area contributed by atoms with E-state index >= 15 is 0 Å². The van der Waals surface area contributed by atoms with E-state index in [1.165, 1.54) is 0 Å². The molecule has 0 unspecified atom stereocenters. The van der Waals surface area contributed by atoms with E-state index in [1.807, 2.05) is 12.1 Å². The molecule has 0 fully saturated rings. The van der Waals surface area contributed by atoms with Crippen LogP contribution < -0.4 is 11.1 Å². The number of nitrogens with one attached hydrogen (secondary N) is 1. The molecule has 2 aromatic heterocycles. The Bertz CT molecular complexity index is 470. The molecular formula is C11H14N4O2. The first-order chi connectivity index (χ1) is 8.28. The Hall–Kier alpha value is -2.08. The van der Waals surface area contributed by atoms with Gasteiger partial charge in [-0.1, -0.05) is 0 Å². The molecule has 3 N–H and O–H groups in total. The van der Waals surface area contributed by atoms with Gasteiger partial charge >= 0.3 is 0 Å². The van der Waals surface area contributed by atoms with Crippen LogP contribution in [0.2, 0.25) is 0 Å². The fraction of sp³-hybridized carbons (Fsp3) is 0.273. The third-order valence-electron chi connectivity index (χ3n) is 2.09. The predicted molar refractivity (Wildman–Crippen MR) is 63.2 cm³/mol. The SMILES string of the molecule is COCc1nc(N)cc(NCc2ccco2)n1. The van der Waals surface area contributed by atoms with E-state index in [9.17, 15) is 0 Å². The lowest BCUT2D eigenvalue weighted by molar-refractivity contribution is 0.178. The van der Waals surface area contributed by atoms with E-state index in [1.54, 1.807) is 19.4 Å². The summed E-state index contributed by atoms with van der Waals surface area (Å²) in [6.07, 6.45) is 1.63. The Labute approximate surface area is 98.8 Å². The van der Waals surface area contributed by atoms with Crippen molar-refractivity contribution in [2.24, 2.45) is 0 Å². The van der Waals surface area contributed by atoms with Crippen molar-refractivity contribution in [1.29, 1.82) is 0 Å². The molecular weight excluding hydrogens is 220 g/mol. The summed E-state index contributed by atoms with van der Waals surface area (Å²) in [7, 11) is 1.59. The van der Waals surface area contributed by atoms with Gasteiger partial charge < -0.3 is 20.2 Å². The molecule has 0 atom stereocenters. The number of nitrogens with two attached hydrogens (primary N) is 1. The van der Waals surface area contributed by atoms with Crippen molar-refractivity contribution in [1.82, 2.24) is 9.97 Å². The number of furan rings is 1. The summed E-state index contributed by atoms with van der Waals surface area (Å²) < 4.78 is 10.2. The molecule has 2 aromatic rings. The first kappa shape index (κ1) is 11.4. The van der Waals surface area contributed by atoms with E-state index in [0.29, 0.717) is 30.6 Å². The van der Waals surface area contributed by atoms with Crippen LogP contribution in [-0.4, -0.2) is 17.1 Å². The van der Waals surface area contributed by atoms with Gasteiger partial charge in [0.1, 0.15) is 24.0 Å². The van der Waals surface area contributed by atoms with Gasteiger partial charge in [-0.2, -0.15) is 0 Å². The van der Waals surface area contributed by atoms with Crippen LogP contribution in [-0.2, 0) is 17.9 Å². The maximum absolute atomic E-state index is 5.67. The van der Waals surface area contributed by atoms with E-state index in [0.717, 1.165) is 5.76 Å². The smallest absolute Gasteiger partial charge is 0.158 e. The number of ether oxygens (including phenoxy) is 1. The molecule has 0 amide bonds. The molecule has 0 saturated carbocycles. The molecule has 0 aromatic carbocycles. The molecule has 0 saturated heterocycles. The Morgan fingerprint density at radius 1 is 1.47 bits per heavy atom. The third kappa shape index (κ3) is 3.18. The van der Waals surface area contributed by atoms with Gasteiger partial charge in [-0.25, -0.2) is 9.97 Å². The summed E-state index contributed by atoms with van der Waals surface area (Å²) in [4.78, 5) is 8.30. The van der Waals surface area contributed by atoms with E-state index in [2.05, 4.69) is 15.3 Å². The number of nitrogens with zero attached hydrogens (tertiary/aromatic N) is 2. The lowest BCUT2D eigenvalue weighted by Crippen LogP contribution is -2.06. The first-order valence-corrected chi connectivity index (χ1v) is 5.16. The normalized spacial score (nSPS) is 10.4. The fourth-order valence-electron chi connectivity index (χ4n) is 1.39. The number of anilines is 2. The zero-order valence-electron chi connectivity index (χ0n) is 9.51. The van der Waals surface area contributed by atoms with Gasteiger partial charge in [-0.05, 0) is 12.1 Å². The summed E-state index contributed by atoms with van der Waals surface area (Å²) in [6.45, 7) is 0.885. The molecule has 2 rings (SSSR count). The van der Waals surface area contributed by atoms with Crippen LogP contribution in [0.15, 0.2) is 28.9 Å².